The van der Waals surface area contributed by atoms with Crippen molar-refractivity contribution < 1.29 is 13.9 Å². The van der Waals surface area contributed by atoms with Crippen molar-refractivity contribution >= 4 is 5.69 Å². The van der Waals surface area contributed by atoms with Crippen LogP contribution in [0.3, 0.4) is 0 Å². The van der Waals surface area contributed by atoms with Crippen LogP contribution in [0, 0.1) is 10.7 Å². The van der Waals surface area contributed by atoms with Crippen LogP contribution in [0.25, 0.3) is 11.3 Å². The third-order valence-corrected chi connectivity index (χ3v) is 3.37. The molecule has 0 spiro atoms. The van der Waals surface area contributed by atoms with E-state index in [-0.39, 0.29) is 11.4 Å². The predicted molar refractivity (Wildman–Crippen MR) is 88.2 cm³/mol. The van der Waals surface area contributed by atoms with Crippen LogP contribution in [0.2, 0.25) is 0 Å². The molecule has 0 bridgehead atoms. The SMILES string of the molecule is COc1cc(-c2ccccn2)ccc1Oc1ccc(N=O)cc1F. The number of hydrogen-bond donors (Lipinski definition) is 0. The first kappa shape index (κ1) is 15.6. The first-order valence-corrected chi connectivity index (χ1v) is 7.11. The molecule has 1 heterocycles. The number of nitroso groups, excluding NO2 is 1. The van der Waals surface area contributed by atoms with E-state index in [0.29, 0.717) is 11.5 Å². The van der Waals surface area contributed by atoms with E-state index < -0.39 is 5.82 Å². The van der Waals surface area contributed by atoms with Crippen LogP contribution >= 0.6 is 0 Å². The second-order valence-electron chi connectivity index (χ2n) is 4.89. The Hall–Kier alpha value is -3.28. The van der Waals surface area contributed by atoms with Crippen LogP contribution in [0.4, 0.5) is 10.1 Å². The topological polar surface area (TPSA) is 60.8 Å². The van der Waals surface area contributed by atoms with Crippen molar-refractivity contribution in [2.75, 3.05) is 7.11 Å². The van der Waals surface area contributed by atoms with Gasteiger partial charge in [0.25, 0.3) is 0 Å². The molecular formula is C18H13FN2O3. The van der Waals surface area contributed by atoms with E-state index in [4.69, 9.17) is 9.47 Å². The van der Waals surface area contributed by atoms with E-state index in [1.807, 2.05) is 18.2 Å². The number of nitrogens with zero attached hydrogens (tertiary/aromatic N) is 2. The largest absolute Gasteiger partial charge is 0.493 e. The molecule has 0 radical (unpaired) electrons. The van der Waals surface area contributed by atoms with Gasteiger partial charge in [-0.05, 0) is 47.6 Å². The van der Waals surface area contributed by atoms with Gasteiger partial charge in [-0.25, -0.2) is 4.39 Å². The van der Waals surface area contributed by atoms with Gasteiger partial charge in [0.2, 0.25) is 0 Å². The normalized spacial score (nSPS) is 10.2. The van der Waals surface area contributed by atoms with Crippen molar-refractivity contribution in [1.29, 1.82) is 0 Å². The Morgan fingerprint density at radius 1 is 1.00 bits per heavy atom. The Bertz CT molecular complexity index is 869. The van der Waals surface area contributed by atoms with E-state index in [1.165, 1.54) is 19.2 Å². The van der Waals surface area contributed by atoms with Gasteiger partial charge in [0.15, 0.2) is 23.1 Å². The lowest BCUT2D eigenvalue weighted by molar-refractivity contribution is 0.371. The molecule has 3 aromatic rings. The summed E-state index contributed by atoms with van der Waals surface area (Å²) in [5, 5.41) is 2.68. The number of ether oxygens (including phenoxy) is 2. The van der Waals surface area contributed by atoms with Crippen molar-refractivity contribution in [1.82, 2.24) is 4.98 Å². The van der Waals surface area contributed by atoms with Crippen LogP contribution in [0.1, 0.15) is 0 Å². The number of halogens is 1. The molecule has 0 aliphatic carbocycles. The van der Waals surface area contributed by atoms with Crippen molar-refractivity contribution in [2.45, 2.75) is 0 Å². The second-order valence-corrected chi connectivity index (χ2v) is 4.89. The van der Waals surface area contributed by atoms with E-state index >= 15 is 0 Å². The molecule has 0 fully saturated rings. The first-order valence-electron chi connectivity index (χ1n) is 7.11. The van der Waals surface area contributed by atoms with Crippen LogP contribution in [0.15, 0.2) is 66.0 Å². The maximum atomic E-state index is 13.9. The Morgan fingerprint density at radius 2 is 1.83 bits per heavy atom. The third-order valence-electron chi connectivity index (χ3n) is 3.37. The maximum Gasteiger partial charge on any atom is 0.169 e. The molecule has 0 saturated carbocycles. The summed E-state index contributed by atoms with van der Waals surface area (Å²) in [6.07, 6.45) is 1.70. The molecule has 0 amide bonds. The smallest absolute Gasteiger partial charge is 0.169 e. The summed E-state index contributed by atoms with van der Waals surface area (Å²) < 4.78 is 24.8. The second kappa shape index (κ2) is 6.87. The maximum absolute atomic E-state index is 13.9. The van der Waals surface area contributed by atoms with Gasteiger partial charge in [0.1, 0.15) is 5.69 Å². The summed E-state index contributed by atoms with van der Waals surface area (Å²) in [5.41, 5.74) is 1.63. The van der Waals surface area contributed by atoms with E-state index in [1.54, 1.807) is 24.4 Å². The minimum Gasteiger partial charge on any atom is -0.493 e. The summed E-state index contributed by atoms with van der Waals surface area (Å²) in [5.74, 6) is 0.0901. The molecule has 1 aromatic heterocycles. The van der Waals surface area contributed by atoms with Gasteiger partial charge < -0.3 is 9.47 Å². The average molecular weight is 324 g/mol. The molecule has 0 aliphatic heterocycles. The lowest BCUT2D eigenvalue weighted by Gasteiger charge is -2.12. The Balaban J connectivity index is 1.93. The van der Waals surface area contributed by atoms with Crippen LogP contribution in [-0.4, -0.2) is 12.1 Å². The Kier molecular flexibility index (Phi) is 4.47. The highest BCUT2D eigenvalue weighted by molar-refractivity contribution is 5.64. The Morgan fingerprint density at radius 3 is 2.50 bits per heavy atom. The molecule has 0 atom stereocenters. The van der Waals surface area contributed by atoms with Crippen LogP contribution in [0.5, 0.6) is 17.2 Å². The molecule has 0 aliphatic rings. The molecule has 2 aromatic carbocycles. The number of methoxy groups -OCH3 is 1. The van der Waals surface area contributed by atoms with Gasteiger partial charge in [0.05, 0.1) is 12.8 Å². The van der Waals surface area contributed by atoms with Gasteiger partial charge >= 0.3 is 0 Å². The fourth-order valence-electron chi connectivity index (χ4n) is 2.19. The van der Waals surface area contributed by atoms with Gasteiger partial charge in [-0.3, -0.25) is 4.98 Å². The van der Waals surface area contributed by atoms with Gasteiger partial charge in [-0.1, -0.05) is 6.07 Å². The summed E-state index contributed by atoms with van der Waals surface area (Å²) in [6, 6.07) is 14.6. The highest BCUT2D eigenvalue weighted by Gasteiger charge is 2.12. The zero-order valence-electron chi connectivity index (χ0n) is 12.8. The average Bonchev–Trinajstić information content (AvgIpc) is 2.64. The van der Waals surface area contributed by atoms with Gasteiger partial charge in [0, 0.05) is 17.8 Å². The first-order chi connectivity index (χ1) is 11.7. The molecule has 0 N–H and O–H groups in total. The molecule has 6 heteroatoms. The number of benzene rings is 2. The Labute approximate surface area is 137 Å². The summed E-state index contributed by atoms with van der Waals surface area (Å²) in [7, 11) is 1.50. The molecule has 0 unspecified atom stereocenters. The minimum absolute atomic E-state index is 0.00249. The van der Waals surface area contributed by atoms with Crippen LogP contribution < -0.4 is 9.47 Å². The highest BCUT2D eigenvalue weighted by Crippen LogP contribution is 2.36. The number of hydrogen-bond acceptors (Lipinski definition) is 5. The molecule has 120 valence electrons. The summed E-state index contributed by atoms with van der Waals surface area (Å²) >= 11 is 0. The number of rotatable bonds is 5. The van der Waals surface area contributed by atoms with Gasteiger partial charge in [-0.15, -0.1) is 4.91 Å². The van der Waals surface area contributed by atoms with E-state index in [9.17, 15) is 9.30 Å². The summed E-state index contributed by atoms with van der Waals surface area (Å²) in [6.45, 7) is 0. The molecular weight excluding hydrogens is 311 g/mol. The van der Waals surface area contributed by atoms with Crippen molar-refractivity contribution in [3.05, 3.63) is 71.5 Å². The highest BCUT2D eigenvalue weighted by atomic mass is 19.1. The van der Waals surface area contributed by atoms with E-state index in [0.717, 1.165) is 17.3 Å². The van der Waals surface area contributed by atoms with Crippen molar-refractivity contribution in [3.8, 4) is 28.5 Å². The summed E-state index contributed by atoms with van der Waals surface area (Å²) in [4.78, 5) is 14.7. The molecule has 24 heavy (non-hydrogen) atoms. The number of pyridine rings is 1. The molecule has 5 nitrogen and oxygen atoms in total. The predicted octanol–water partition coefficient (Wildman–Crippen LogP) is 5.09. The molecule has 0 saturated heterocycles. The van der Waals surface area contributed by atoms with Crippen molar-refractivity contribution in [3.63, 3.8) is 0 Å². The van der Waals surface area contributed by atoms with Crippen LogP contribution in [-0.2, 0) is 0 Å². The standard InChI is InChI=1S/C18H13FN2O3/c1-23-18-10-12(15-4-2-3-9-20-15)5-7-17(18)24-16-8-6-13(21-22)11-14(16)19/h2-11H,1H3. The quantitative estimate of drug-likeness (QED) is 0.614. The fraction of sp³-hybridized carbons (Fsp3) is 0.0556. The zero-order valence-corrected chi connectivity index (χ0v) is 12.8. The third kappa shape index (κ3) is 3.22. The minimum atomic E-state index is -0.678. The fourth-order valence-corrected chi connectivity index (χ4v) is 2.19. The van der Waals surface area contributed by atoms with Gasteiger partial charge in [-0.2, -0.15) is 0 Å². The number of aromatic nitrogens is 1. The lowest BCUT2D eigenvalue weighted by atomic mass is 10.1. The zero-order chi connectivity index (χ0) is 16.9. The molecule has 3 rings (SSSR count). The lowest BCUT2D eigenvalue weighted by Crippen LogP contribution is -1.93. The van der Waals surface area contributed by atoms with E-state index in [2.05, 4.69) is 10.2 Å². The van der Waals surface area contributed by atoms with Crippen molar-refractivity contribution in [2.24, 2.45) is 5.18 Å². The monoisotopic (exact) mass is 324 g/mol.